The number of halogens is 1. The number of amides is 1. The van der Waals surface area contributed by atoms with Crippen LogP contribution in [0, 0.1) is 0 Å². The van der Waals surface area contributed by atoms with Gasteiger partial charge in [-0.25, -0.2) is 9.97 Å². The zero-order valence-corrected chi connectivity index (χ0v) is 13.7. The average Bonchev–Trinajstić information content (AvgIpc) is 3.01. The highest BCUT2D eigenvalue weighted by atomic mass is 79.9. The van der Waals surface area contributed by atoms with Gasteiger partial charge in [0.1, 0.15) is 0 Å². The van der Waals surface area contributed by atoms with Crippen LogP contribution in [0.25, 0.3) is 22.8 Å². The van der Waals surface area contributed by atoms with Crippen molar-refractivity contribution in [2.75, 3.05) is 6.54 Å². The molecule has 1 aliphatic heterocycles. The Hall–Kier alpha value is -2.47. The van der Waals surface area contributed by atoms with Gasteiger partial charge in [0.05, 0.1) is 17.0 Å². The summed E-state index contributed by atoms with van der Waals surface area (Å²) in [6, 6.07) is 11.5. The second-order valence-corrected chi connectivity index (χ2v) is 6.18. The van der Waals surface area contributed by atoms with Crippen LogP contribution in [0.15, 0.2) is 47.1 Å². The van der Waals surface area contributed by atoms with Gasteiger partial charge in [0, 0.05) is 34.9 Å². The minimum atomic E-state index is -0.0335. The lowest BCUT2D eigenvalue weighted by molar-refractivity contribution is 0.0946. The first kappa shape index (κ1) is 14.1. The first-order valence-electron chi connectivity index (χ1n) is 7.31. The molecule has 3 heterocycles. The van der Waals surface area contributed by atoms with Crippen LogP contribution >= 0.6 is 15.9 Å². The molecule has 0 atom stereocenters. The van der Waals surface area contributed by atoms with E-state index in [1.54, 1.807) is 6.20 Å². The molecule has 0 radical (unpaired) electrons. The van der Waals surface area contributed by atoms with Gasteiger partial charge in [-0.1, -0.05) is 34.1 Å². The van der Waals surface area contributed by atoms with Crippen LogP contribution in [-0.2, 0) is 6.42 Å². The number of H-pyrrole nitrogens is 1. The fourth-order valence-corrected chi connectivity index (χ4v) is 3.17. The molecule has 1 amide bonds. The minimum Gasteiger partial charge on any atom is -0.356 e. The van der Waals surface area contributed by atoms with E-state index in [9.17, 15) is 4.79 Å². The van der Waals surface area contributed by atoms with E-state index in [4.69, 9.17) is 0 Å². The molecule has 1 aliphatic rings. The number of aromatic amines is 1. The minimum absolute atomic E-state index is 0.0335. The standard InChI is InChI=1S/C17H13BrN4O/c18-12-4-2-1-3-10(12)16-19-7-6-14(22-16)15-9-11-13(21-15)5-8-20-17(11)23/h1-4,6-7,9,21H,5,8H2,(H,20,23). The third kappa shape index (κ3) is 2.55. The highest BCUT2D eigenvalue weighted by Gasteiger charge is 2.20. The molecule has 0 saturated carbocycles. The molecule has 4 rings (SSSR count). The van der Waals surface area contributed by atoms with Crippen LogP contribution < -0.4 is 5.32 Å². The first-order valence-corrected chi connectivity index (χ1v) is 8.10. The molecule has 0 spiro atoms. The second kappa shape index (κ2) is 5.62. The van der Waals surface area contributed by atoms with E-state index in [2.05, 4.69) is 36.2 Å². The zero-order chi connectivity index (χ0) is 15.8. The van der Waals surface area contributed by atoms with Crippen molar-refractivity contribution < 1.29 is 4.79 Å². The van der Waals surface area contributed by atoms with Crippen molar-refractivity contribution in [2.45, 2.75) is 6.42 Å². The van der Waals surface area contributed by atoms with Gasteiger partial charge in [0.25, 0.3) is 5.91 Å². The number of aromatic nitrogens is 3. The lowest BCUT2D eigenvalue weighted by Gasteiger charge is -2.10. The van der Waals surface area contributed by atoms with Crippen molar-refractivity contribution in [3.05, 3.63) is 58.3 Å². The summed E-state index contributed by atoms with van der Waals surface area (Å²) in [5.74, 6) is 0.612. The number of nitrogens with one attached hydrogen (secondary N) is 2. The van der Waals surface area contributed by atoms with Gasteiger partial charge in [-0.2, -0.15) is 0 Å². The van der Waals surface area contributed by atoms with Crippen molar-refractivity contribution in [2.24, 2.45) is 0 Å². The maximum Gasteiger partial charge on any atom is 0.253 e. The summed E-state index contributed by atoms with van der Waals surface area (Å²) in [6.45, 7) is 0.664. The molecule has 6 heteroatoms. The molecule has 0 saturated heterocycles. The summed E-state index contributed by atoms with van der Waals surface area (Å²) < 4.78 is 0.947. The molecule has 0 fully saturated rings. The smallest absolute Gasteiger partial charge is 0.253 e. The Kier molecular flexibility index (Phi) is 3.46. The van der Waals surface area contributed by atoms with Gasteiger partial charge in [-0.05, 0) is 18.2 Å². The van der Waals surface area contributed by atoms with Crippen molar-refractivity contribution in [3.8, 4) is 22.8 Å². The monoisotopic (exact) mass is 368 g/mol. The Morgan fingerprint density at radius 3 is 2.83 bits per heavy atom. The normalized spacial score (nSPS) is 13.5. The quantitative estimate of drug-likeness (QED) is 0.729. The van der Waals surface area contributed by atoms with E-state index >= 15 is 0 Å². The van der Waals surface area contributed by atoms with Crippen molar-refractivity contribution in [1.29, 1.82) is 0 Å². The number of nitrogens with zero attached hydrogens (tertiary/aromatic N) is 2. The number of rotatable bonds is 2. The first-order chi connectivity index (χ1) is 11.2. The van der Waals surface area contributed by atoms with Gasteiger partial charge < -0.3 is 10.3 Å². The van der Waals surface area contributed by atoms with E-state index in [0.29, 0.717) is 17.9 Å². The molecular weight excluding hydrogens is 356 g/mol. The van der Waals surface area contributed by atoms with Crippen molar-refractivity contribution in [1.82, 2.24) is 20.3 Å². The summed E-state index contributed by atoms with van der Waals surface area (Å²) in [7, 11) is 0. The molecule has 3 aromatic rings. The van der Waals surface area contributed by atoms with Gasteiger partial charge in [0.15, 0.2) is 5.82 Å². The topological polar surface area (TPSA) is 70.7 Å². The van der Waals surface area contributed by atoms with Crippen LogP contribution in [0.4, 0.5) is 0 Å². The van der Waals surface area contributed by atoms with E-state index in [-0.39, 0.29) is 5.91 Å². The van der Waals surface area contributed by atoms with Crippen LogP contribution in [0.3, 0.4) is 0 Å². The average molecular weight is 369 g/mol. The van der Waals surface area contributed by atoms with Crippen LogP contribution in [-0.4, -0.2) is 27.4 Å². The highest BCUT2D eigenvalue weighted by Crippen LogP contribution is 2.27. The van der Waals surface area contributed by atoms with Gasteiger partial charge in [0.2, 0.25) is 0 Å². The summed E-state index contributed by atoms with van der Waals surface area (Å²) in [5, 5.41) is 2.85. The number of carbonyl (C=O) groups is 1. The third-order valence-electron chi connectivity index (χ3n) is 3.85. The molecule has 23 heavy (non-hydrogen) atoms. The zero-order valence-electron chi connectivity index (χ0n) is 12.1. The van der Waals surface area contributed by atoms with Gasteiger partial charge >= 0.3 is 0 Å². The molecule has 114 valence electrons. The maximum absolute atomic E-state index is 11.9. The molecule has 0 bridgehead atoms. The van der Waals surface area contributed by atoms with Crippen molar-refractivity contribution >= 4 is 21.8 Å². The molecule has 2 aromatic heterocycles. The predicted octanol–water partition coefficient (Wildman–Crippen LogP) is 3.19. The Balaban J connectivity index is 1.78. The number of benzene rings is 1. The van der Waals surface area contributed by atoms with E-state index in [1.807, 2.05) is 36.4 Å². The van der Waals surface area contributed by atoms with Crippen LogP contribution in [0.2, 0.25) is 0 Å². The van der Waals surface area contributed by atoms with E-state index in [0.717, 1.165) is 33.5 Å². The number of carbonyl (C=O) groups excluding carboxylic acids is 1. The van der Waals surface area contributed by atoms with Gasteiger partial charge in [-0.15, -0.1) is 0 Å². The number of hydrogen-bond acceptors (Lipinski definition) is 3. The summed E-state index contributed by atoms with van der Waals surface area (Å²) >= 11 is 3.53. The summed E-state index contributed by atoms with van der Waals surface area (Å²) in [6.07, 6.45) is 2.54. The number of fused-ring (bicyclic) bond motifs is 1. The highest BCUT2D eigenvalue weighted by molar-refractivity contribution is 9.10. The van der Waals surface area contributed by atoms with Crippen LogP contribution in [0.1, 0.15) is 16.1 Å². The molecule has 2 N–H and O–H groups in total. The lowest BCUT2D eigenvalue weighted by Crippen LogP contribution is -2.31. The Labute approximate surface area is 141 Å². The molecule has 5 nitrogen and oxygen atoms in total. The Bertz CT molecular complexity index is 903. The fourth-order valence-electron chi connectivity index (χ4n) is 2.71. The Morgan fingerprint density at radius 2 is 2.00 bits per heavy atom. The summed E-state index contributed by atoms with van der Waals surface area (Å²) in [4.78, 5) is 24.2. The lowest BCUT2D eigenvalue weighted by atomic mass is 10.1. The second-order valence-electron chi connectivity index (χ2n) is 5.33. The Morgan fingerprint density at radius 1 is 1.13 bits per heavy atom. The van der Waals surface area contributed by atoms with E-state index in [1.165, 1.54) is 0 Å². The summed E-state index contributed by atoms with van der Waals surface area (Å²) in [5.41, 5.74) is 4.20. The molecule has 1 aromatic carbocycles. The van der Waals surface area contributed by atoms with E-state index < -0.39 is 0 Å². The van der Waals surface area contributed by atoms with Crippen LogP contribution in [0.5, 0.6) is 0 Å². The van der Waals surface area contributed by atoms with Crippen molar-refractivity contribution in [3.63, 3.8) is 0 Å². The predicted molar refractivity (Wildman–Crippen MR) is 91.0 cm³/mol. The molecular formula is C17H13BrN4O. The fraction of sp³-hybridized carbons (Fsp3) is 0.118. The van der Waals surface area contributed by atoms with Gasteiger partial charge in [-0.3, -0.25) is 4.79 Å². The largest absolute Gasteiger partial charge is 0.356 e. The third-order valence-corrected chi connectivity index (χ3v) is 4.54. The molecule has 0 aliphatic carbocycles. The number of hydrogen-bond donors (Lipinski definition) is 2. The SMILES string of the molecule is O=C1NCCc2[nH]c(-c3ccnc(-c4ccccc4Br)n3)cc21. The maximum atomic E-state index is 11.9. The molecule has 0 unspecified atom stereocenters.